The second-order valence-corrected chi connectivity index (χ2v) is 10.1. The molecule has 0 amide bonds. The molecule has 0 saturated carbocycles. The lowest BCUT2D eigenvalue weighted by Crippen LogP contribution is -2.28. The highest BCUT2D eigenvalue weighted by molar-refractivity contribution is 6.36. The summed E-state index contributed by atoms with van der Waals surface area (Å²) >= 11 is 7.08. The molecule has 3 aromatic carbocycles. The normalized spacial score (nSPS) is 12.7. The van der Waals surface area contributed by atoms with Crippen LogP contribution >= 0.6 is 11.6 Å². The van der Waals surface area contributed by atoms with Gasteiger partial charge in [0.05, 0.1) is 22.1 Å². The lowest BCUT2D eigenvalue weighted by Gasteiger charge is -2.24. The number of Topliss-reactive ketones (excluding diaryl/α,β-unsaturated/α-hetero) is 1. The molecule has 0 radical (unpaired) electrons. The van der Waals surface area contributed by atoms with Gasteiger partial charge in [0.25, 0.3) is 5.56 Å². The average Bonchev–Trinajstić information content (AvgIpc) is 3.02. The largest absolute Gasteiger partial charge is 0.380 e. The lowest BCUT2D eigenvalue weighted by molar-refractivity contribution is 0.0749. The van der Waals surface area contributed by atoms with Gasteiger partial charge < -0.3 is 15.4 Å². The monoisotopic (exact) mass is 577 g/mol. The zero-order valence-corrected chi connectivity index (χ0v) is 23.0. The number of H-pyrrole nitrogens is 1. The minimum atomic E-state index is -1.47. The molecule has 208 valence electrons. The van der Waals surface area contributed by atoms with Crippen LogP contribution in [0.4, 0.5) is 5.82 Å². The summed E-state index contributed by atoms with van der Waals surface area (Å²) in [6, 6.07) is 23.0. The van der Waals surface area contributed by atoms with Crippen molar-refractivity contribution in [2.75, 3.05) is 5.32 Å². The van der Waals surface area contributed by atoms with E-state index < -0.39 is 23.5 Å². The summed E-state index contributed by atoms with van der Waals surface area (Å²) in [7, 11) is 0. The van der Waals surface area contributed by atoms with Crippen LogP contribution in [0, 0.1) is 0 Å². The number of halogens is 1. The number of nitrogens with zero attached hydrogens (tertiary/aromatic N) is 3. The standard InChI is InChI=1S/C32H24ClN5O4/c1-18(37-31-25-23(39)15-16-34-30(25)35-17-36-31)27-26(33)21-13-8-14-22(29(41)28(40)19-9-4-2-5-10-19)24(21)32(42)38(27)20-11-6-3-7-12-20/h2-18,28,40H,1H3,(H2,34,35,36,37,39)/t18-,28?/m0/s1. The maximum Gasteiger partial charge on any atom is 0.264 e. The zero-order chi connectivity index (χ0) is 29.4. The van der Waals surface area contributed by atoms with Crippen molar-refractivity contribution in [2.24, 2.45) is 0 Å². The molecule has 2 atom stereocenters. The average molecular weight is 578 g/mol. The van der Waals surface area contributed by atoms with E-state index in [9.17, 15) is 19.5 Å². The van der Waals surface area contributed by atoms with Crippen molar-refractivity contribution < 1.29 is 9.90 Å². The Balaban J connectivity index is 1.57. The van der Waals surface area contributed by atoms with Crippen molar-refractivity contribution in [3.63, 3.8) is 0 Å². The van der Waals surface area contributed by atoms with Crippen molar-refractivity contribution in [3.8, 4) is 5.69 Å². The first-order chi connectivity index (χ1) is 20.4. The molecule has 0 spiro atoms. The third kappa shape index (κ3) is 4.64. The molecule has 42 heavy (non-hydrogen) atoms. The number of para-hydroxylation sites is 1. The van der Waals surface area contributed by atoms with E-state index in [0.717, 1.165) is 0 Å². The molecular formula is C32H24ClN5O4. The molecule has 0 fully saturated rings. The number of pyridine rings is 2. The Labute approximate surface area is 244 Å². The minimum absolute atomic E-state index is 0.0564. The topological polar surface area (TPSA) is 130 Å². The molecule has 3 aromatic heterocycles. The highest BCUT2D eigenvalue weighted by Gasteiger charge is 2.27. The predicted molar refractivity (Wildman–Crippen MR) is 162 cm³/mol. The molecule has 0 bridgehead atoms. The molecule has 3 heterocycles. The van der Waals surface area contributed by atoms with Crippen molar-refractivity contribution in [2.45, 2.75) is 19.1 Å². The number of hydrogen-bond donors (Lipinski definition) is 3. The van der Waals surface area contributed by atoms with Crippen LogP contribution in [0.3, 0.4) is 0 Å². The number of aromatic amines is 1. The second kappa shape index (κ2) is 11.0. The van der Waals surface area contributed by atoms with Gasteiger partial charge in [-0.15, -0.1) is 0 Å². The van der Waals surface area contributed by atoms with E-state index >= 15 is 0 Å². The number of carbonyl (C=O) groups is 1. The number of carbonyl (C=O) groups excluding carboxylic acids is 1. The fraction of sp³-hybridized carbons (Fsp3) is 0.0938. The van der Waals surface area contributed by atoms with Crippen LogP contribution in [-0.2, 0) is 0 Å². The summed E-state index contributed by atoms with van der Waals surface area (Å²) in [5.41, 5.74) is 0.982. The molecular weight excluding hydrogens is 554 g/mol. The van der Waals surface area contributed by atoms with Crippen LogP contribution in [0.5, 0.6) is 0 Å². The van der Waals surface area contributed by atoms with Gasteiger partial charge in [0.1, 0.15) is 29.3 Å². The Kier molecular flexibility index (Phi) is 7.12. The van der Waals surface area contributed by atoms with Gasteiger partial charge in [0.2, 0.25) is 0 Å². The Hall–Kier alpha value is -5.12. The van der Waals surface area contributed by atoms with E-state index in [2.05, 4.69) is 20.3 Å². The fourth-order valence-electron chi connectivity index (χ4n) is 5.17. The van der Waals surface area contributed by atoms with Gasteiger partial charge in [-0.25, -0.2) is 9.97 Å². The molecule has 6 rings (SSSR count). The smallest absolute Gasteiger partial charge is 0.264 e. The fourth-order valence-corrected chi connectivity index (χ4v) is 5.58. The Morgan fingerprint density at radius 2 is 1.64 bits per heavy atom. The summed E-state index contributed by atoms with van der Waals surface area (Å²) < 4.78 is 1.45. The van der Waals surface area contributed by atoms with Crippen LogP contribution in [0.25, 0.3) is 27.5 Å². The van der Waals surface area contributed by atoms with Crippen molar-refractivity contribution in [3.05, 3.63) is 140 Å². The molecule has 0 aliphatic heterocycles. The number of aliphatic hydroxyl groups is 1. The van der Waals surface area contributed by atoms with Gasteiger partial charge in [-0.3, -0.25) is 19.0 Å². The van der Waals surface area contributed by atoms with E-state index in [-0.39, 0.29) is 32.6 Å². The summed E-state index contributed by atoms with van der Waals surface area (Å²) in [6.07, 6.45) is 1.37. The van der Waals surface area contributed by atoms with Gasteiger partial charge in [0.15, 0.2) is 11.2 Å². The number of benzene rings is 3. The van der Waals surface area contributed by atoms with E-state index in [1.54, 1.807) is 73.7 Å². The number of ketones is 1. The Bertz CT molecular complexity index is 2070. The highest BCUT2D eigenvalue weighted by Crippen LogP contribution is 2.35. The maximum atomic E-state index is 14.4. The number of rotatable bonds is 7. The number of aromatic nitrogens is 4. The SMILES string of the molecule is C[C@H](Nc1ncnc2[nH]ccc(=O)c12)c1c(Cl)c2cccc(C(=O)C(O)c3ccccc3)c2c(=O)n1-c1ccccc1. The Morgan fingerprint density at radius 3 is 2.38 bits per heavy atom. The zero-order valence-electron chi connectivity index (χ0n) is 22.3. The molecule has 9 nitrogen and oxygen atoms in total. The second-order valence-electron chi connectivity index (χ2n) is 9.73. The minimum Gasteiger partial charge on any atom is -0.380 e. The summed E-state index contributed by atoms with van der Waals surface area (Å²) in [4.78, 5) is 52.0. The number of nitrogens with one attached hydrogen (secondary N) is 2. The van der Waals surface area contributed by atoms with Crippen LogP contribution in [0.1, 0.15) is 40.7 Å². The van der Waals surface area contributed by atoms with Crippen LogP contribution in [0.15, 0.2) is 107 Å². The van der Waals surface area contributed by atoms with Gasteiger partial charge in [-0.1, -0.05) is 78.3 Å². The summed E-state index contributed by atoms with van der Waals surface area (Å²) in [5.74, 6) is -0.349. The summed E-state index contributed by atoms with van der Waals surface area (Å²) in [5, 5.41) is 15.1. The first-order valence-corrected chi connectivity index (χ1v) is 13.5. The van der Waals surface area contributed by atoms with Crippen molar-refractivity contribution in [1.82, 2.24) is 19.5 Å². The van der Waals surface area contributed by atoms with Gasteiger partial charge >= 0.3 is 0 Å². The molecule has 0 saturated heterocycles. The lowest BCUT2D eigenvalue weighted by atomic mass is 9.95. The third-order valence-electron chi connectivity index (χ3n) is 7.14. The third-order valence-corrected chi connectivity index (χ3v) is 7.54. The number of aliphatic hydroxyl groups excluding tert-OH is 1. The van der Waals surface area contributed by atoms with Crippen LogP contribution in [0.2, 0.25) is 5.02 Å². The van der Waals surface area contributed by atoms with E-state index in [1.165, 1.54) is 29.2 Å². The van der Waals surface area contributed by atoms with E-state index in [1.807, 2.05) is 6.07 Å². The first kappa shape index (κ1) is 27.1. The Morgan fingerprint density at radius 1 is 0.929 bits per heavy atom. The molecule has 1 unspecified atom stereocenters. The van der Waals surface area contributed by atoms with E-state index in [0.29, 0.717) is 28.0 Å². The predicted octanol–water partition coefficient (Wildman–Crippen LogP) is 5.37. The van der Waals surface area contributed by atoms with Gasteiger partial charge in [-0.2, -0.15) is 0 Å². The molecule has 0 aliphatic rings. The molecule has 10 heteroatoms. The van der Waals surface area contributed by atoms with Crippen molar-refractivity contribution in [1.29, 1.82) is 0 Å². The summed E-state index contributed by atoms with van der Waals surface area (Å²) in [6.45, 7) is 1.80. The first-order valence-electron chi connectivity index (χ1n) is 13.2. The van der Waals surface area contributed by atoms with Gasteiger partial charge in [0, 0.05) is 28.9 Å². The number of fused-ring (bicyclic) bond motifs is 2. The van der Waals surface area contributed by atoms with Crippen molar-refractivity contribution >= 4 is 45.0 Å². The van der Waals surface area contributed by atoms with Gasteiger partial charge in [-0.05, 0) is 24.6 Å². The molecule has 0 aliphatic carbocycles. The quantitative estimate of drug-likeness (QED) is 0.218. The molecule has 3 N–H and O–H groups in total. The highest BCUT2D eigenvalue weighted by atomic mass is 35.5. The van der Waals surface area contributed by atoms with E-state index in [4.69, 9.17) is 11.6 Å². The molecule has 6 aromatic rings. The van der Waals surface area contributed by atoms with Crippen LogP contribution in [-0.4, -0.2) is 30.4 Å². The number of hydrogen-bond acceptors (Lipinski definition) is 7. The number of anilines is 1. The van der Waals surface area contributed by atoms with Crippen LogP contribution < -0.4 is 16.3 Å². The maximum absolute atomic E-state index is 14.4.